The number of phosphoric acid groups is 1. The highest BCUT2D eigenvalue weighted by atomic mass is 31.2. The maximum Gasteiger partial charge on any atom is 0.472 e. The van der Waals surface area contributed by atoms with Gasteiger partial charge in [0.05, 0.1) is 19.8 Å². The van der Waals surface area contributed by atoms with Crippen molar-refractivity contribution in [1.29, 1.82) is 0 Å². The summed E-state index contributed by atoms with van der Waals surface area (Å²) < 4.78 is 39.4. The van der Waals surface area contributed by atoms with E-state index in [0.29, 0.717) is 19.3 Å². The Morgan fingerprint density at radius 1 is 0.397 bits per heavy atom. The predicted octanol–water partition coefficient (Wildman–Crippen LogP) is 16.0. The first-order chi connectivity index (χ1) is 33.2. The van der Waals surface area contributed by atoms with Gasteiger partial charge >= 0.3 is 25.7 Å². The summed E-state index contributed by atoms with van der Waals surface area (Å²) in [5.41, 5.74) is 0. The maximum absolute atomic E-state index is 12.9. The lowest BCUT2D eigenvalue weighted by Crippen LogP contribution is -2.30. The smallest absolute Gasteiger partial charge is 0.462 e. The van der Waals surface area contributed by atoms with Gasteiger partial charge < -0.3 is 24.2 Å². The van der Waals surface area contributed by atoms with Gasteiger partial charge in [-0.3, -0.25) is 23.4 Å². The molecule has 0 aromatic heterocycles. The normalized spacial score (nSPS) is 13.7. The Labute approximate surface area is 416 Å². The summed E-state index contributed by atoms with van der Waals surface area (Å²) in [5.74, 6) is -1.48. The lowest BCUT2D eigenvalue weighted by Gasteiger charge is -2.21. The topological polar surface area (TPSA) is 155 Å². The number of allylic oxidation sites excluding steroid dienone is 6. The van der Waals surface area contributed by atoms with Gasteiger partial charge in [0.2, 0.25) is 0 Å². The molecule has 0 aromatic rings. The fourth-order valence-electron chi connectivity index (χ4n) is 7.68. The quantitative estimate of drug-likeness (QED) is 0.0197. The lowest BCUT2D eigenvalue weighted by molar-refractivity contribution is -0.161. The van der Waals surface area contributed by atoms with Crippen LogP contribution in [0.15, 0.2) is 36.5 Å². The Morgan fingerprint density at radius 3 is 1.06 bits per heavy atom. The largest absolute Gasteiger partial charge is 0.472 e. The minimum absolute atomic E-state index is 0.158. The molecule has 0 fully saturated rings. The number of esters is 3. The van der Waals surface area contributed by atoms with Crippen LogP contribution in [0.1, 0.15) is 265 Å². The molecular formula is C56H103O11P. The Hall–Kier alpha value is -2.30. The van der Waals surface area contributed by atoms with Gasteiger partial charge in [0, 0.05) is 19.3 Å². The van der Waals surface area contributed by atoms with Gasteiger partial charge in [0.15, 0.2) is 6.10 Å². The summed E-state index contributed by atoms with van der Waals surface area (Å²) in [5, 5.41) is 9.77. The number of hydrogen-bond acceptors (Lipinski definition) is 10. The molecular weight excluding hydrogens is 880 g/mol. The maximum atomic E-state index is 12.9. The molecule has 0 aliphatic rings. The van der Waals surface area contributed by atoms with Crippen LogP contribution in [0.4, 0.5) is 0 Å². The van der Waals surface area contributed by atoms with Crippen molar-refractivity contribution in [3.05, 3.63) is 36.5 Å². The van der Waals surface area contributed by atoms with E-state index < -0.39 is 57.8 Å². The SMILES string of the molecule is CCCC/C=C\CCCCCCCC(=O)OC(CO)COP(=O)(O)OCC(COC(=O)CCCCCCC/C=C\CCCCCCCC)OC(=O)CCCCCCC/C=C\CCCCCCCC. The zero-order valence-corrected chi connectivity index (χ0v) is 44.7. The van der Waals surface area contributed by atoms with Crippen LogP contribution in [-0.4, -0.2) is 66.5 Å². The molecule has 0 spiro atoms. The Morgan fingerprint density at radius 2 is 0.691 bits per heavy atom. The second kappa shape index (κ2) is 51.1. The summed E-state index contributed by atoms with van der Waals surface area (Å²) in [6, 6.07) is 0. The van der Waals surface area contributed by atoms with Gasteiger partial charge in [0.25, 0.3) is 0 Å². The third kappa shape index (κ3) is 48.7. The van der Waals surface area contributed by atoms with Crippen LogP contribution in [-0.2, 0) is 42.2 Å². The first-order valence-corrected chi connectivity index (χ1v) is 29.4. The van der Waals surface area contributed by atoms with E-state index in [1.54, 1.807) is 0 Å². The van der Waals surface area contributed by atoms with Gasteiger partial charge in [-0.05, 0) is 89.9 Å². The average Bonchev–Trinajstić information content (AvgIpc) is 3.32. The fourth-order valence-corrected chi connectivity index (χ4v) is 8.46. The van der Waals surface area contributed by atoms with E-state index in [4.69, 9.17) is 23.3 Å². The number of carbonyl (C=O) groups excluding carboxylic acids is 3. The summed E-state index contributed by atoms with van der Waals surface area (Å²) >= 11 is 0. The average molecular weight is 983 g/mol. The van der Waals surface area contributed by atoms with Crippen molar-refractivity contribution in [3.63, 3.8) is 0 Å². The highest BCUT2D eigenvalue weighted by Gasteiger charge is 2.28. The van der Waals surface area contributed by atoms with Crippen molar-refractivity contribution < 1.29 is 52.2 Å². The molecule has 3 unspecified atom stereocenters. The first kappa shape index (κ1) is 65.7. The van der Waals surface area contributed by atoms with Crippen molar-refractivity contribution in [2.75, 3.05) is 26.4 Å². The monoisotopic (exact) mass is 983 g/mol. The second-order valence-corrected chi connectivity index (χ2v) is 20.2. The number of rotatable bonds is 52. The Balaban J connectivity index is 4.75. The second-order valence-electron chi connectivity index (χ2n) is 18.7. The van der Waals surface area contributed by atoms with Crippen LogP contribution in [0.25, 0.3) is 0 Å². The molecule has 0 amide bonds. The zero-order valence-electron chi connectivity index (χ0n) is 43.8. The summed E-state index contributed by atoms with van der Waals surface area (Å²) in [7, 11) is -4.74. The van der Waals surface area contributed by atoms with Gasteiger partial charge in [-0.1, -0.05) is 192 Å². The standard InChI is InChI=1S/C56H103O11P/c1-4-7-10-13-16-19-22-24-26-28-31-33-36-39-42-45-54(58)63-49-53(67-56(60)47-44-41-38-35-32-29-27-25-23-20-17-14-11-8-5-2)51-65-68(61,62)64-50-52(48-57)66-55(59)46-43-40-37-34-30-21-18-15-12-9-6-3/h15,18,24-27,52-53,57H,4-14,16-17,19-23,28-51H2,1-3H3,(H,61,62)/b18-15-,26-24-,27-25-. The van der Waals surface area contributed by atoms with Crippen molar-refractivity contribution in [2.24, 2.45) is 0 Å². The highest BCUT2D eigenvalue weighted by molar-refractivity contribution is 7.47. The molecule has 0 aliphatic heterocycles. The van der Waals surface area contributed by atoms with E-state index in [-0.39, 0.29) is 25.9 Å². The molecule has 0 aromatic carbocycles. The minimum atomic E-state index is -4.74. The van der Waals surface area contributed by atoms with Gasteiger partial charge in [0.1, 0.15) is 12.7 Å². The van der Waals surface area contributed by atoms with Crippen molar-refractivity contribution in [3.8, 4) is 0 Å². The first-order valence-electron chi connectivity index (χ1n) is 27.9. The molecule has 68 heavy (non-hydrogen) atoms. The van der Waals surface area contributed by atoms with Crippen molar-refractivity contribution >= 4 is 25.7 Å². The molecule has 0 aliphatic carbocycles. The number of hydrogen-bond donors (Lipinski definition) is 2. The molecule has 0 rings (SSSR count). The zero-order chi connectivity index (χ0) is 49.9. The molecule has 3 atom stereocenters. The molecule has 2 N–H and O–H groups in total. The number of carbonyl (C=O) groups is 3. The van der Waals surface area contributed by atoms with E-state index in [1.807, 2.05) is 0 Å². The number of phosphoric ester groups is 1. The highest BCUT2D eigenvalue weighted by Crippen LogP contribution is 2.43. The number of aliphatic hydroxyl groups excluding tert-OH is 1. The van der Waals surface area contributed by atoms with Crippen molar-refractivity contribution in [1.82, 2.24) is 0 Å². The van der Waals surface area contributed by atoms with E-state index in [1.165, 1.54) is 89.9 Å². The van der Waals surface area contributed by atoms with Crippen LogP contribution in [0.2, 0.25) is 0 Å². The number of aliphatic hydroxyl groups is 1. The van der Waals surface area contributed by atoms with E-state index >= 15 is 0 Å². The summed E-state index contributed by atoms with van der Waals surface area (Å²) in [6.45, 7) is 4.58. The summed E-state index contributed by atoms with van der Waals surface area (Å²) in [4.78, 5) is 48.4. The molecule has 0 bridgehead atoms. The van der Waals surface area contributed by atoms with Crippen LogP contribution in [0.3, 0.4) is 0 Å². The molecule has 0 radical (unpaired) electrons. The molecule has 11 nitrogen and oxygen atoms in total. The predicted molar refractivity (Wildman–Crippen MR) is 279 cm³/mol. The van der Waals surface area contributed by atoms with Crippen LogP contribution < -0.4 is 0 Å². The van der Waals surface area contributed by atoms with E-state index in [9.17, 15) is 28.9 Å². The third-order valence-corrected chi connectivity index (χ3v) is 13.0. The van der Waals surface area contributed by atoms with Crippen LogP contribution >= 0.6 is 7.82 Å². The van der Waals surface area contributed by atoms with E-state index in [2.05, 4.69) is 57.2 Å². The lowest BCUT2D eigenvalue weighted by atomic mass is 10.1. The minimum Gasteiger partial charge on any atom is -0.462 e. The molecule has 0 saturated carbocycles. The molecule has 398 valence electrons. The Kier molecular flexibility index (Phi) is 49.3. The molecule has 0 saturated heterocycles. The van der Waals surface area contributed by atoms with Crippen molar-refractivity contribution in [2.45, 2.75) is 277 Å². The molecule has 12 heteroatoms. The number of ether oxygens (including phenoxy) is 3. The molecule has 0 heterocycles. The van der Waals surface area contributed by atoms with Crippen LogP contribution in [0, 0.1) is 0 Å². The number of unbranched alkanes of at least 4 members (excludes halogenated alkanes) is 29. The van der Waals surface area contributed by atoms with Crippen LogP contribution in [0.5, 0.6) is 0 Å². The fraction of sp³-hybridized carbons (Fsp3) is 0.839. The van der Waals surface area contributed by atoms with Gasteiger partial charge in [-0.25, -0.2) is 4.57 Å². The summed E-state index contributed by atoms with van der Waals surface area (Å²) in [6.07, 6.45) is 51.1. The Bertz CT molecular complexity index is 1280. The third-order valence-electron chi connectivity index (χ3n) is 12.0. The van der Waals surface area contributed by atoms with Gasteiger partial charge in [-0.15, -0.1) is 0 Å². The van der Waals surface area contributed by atoms with Gasteiger partial charge in [-0.2, -0.15) is 0 Å². The van der Waals surface area contributed by atoms with E-state index in [0.717, 1.165) is 116 Å².